The summed E-state index contributed by atoms with van der Waals surface area (Å²) in [6, 6.07) is 0. The Morgan fingerprint density at radius 3 is 2.60 bits per heavy atom. The van der Waals surface area contributed by atoms with Crippen molar-refractivity contribution >= 4 is 0 Å². The Kier molecular flexibility index (Phi) is 3.68. The third-order valence-corrected chi connectivity index (χ3v) is 4.49. The maximum Gasteiger partial charge on any atom is 0.0499 e. The van der Waals surface area contributed by atoms with Crippen molar-refractivity contribution in [3.05, 3.63) is 0 Å². The second-order valence-electron chi connectivity index (χ2n) is 5.81. The zero-order valence-corrected chi connectivity index (χ0v) is 9.97. The monoisotopic (exact) mass is 211 g/mol. The molecule has 2 atom stereocenters. The van der Waals surface area contributed by atoms with Gasteiger partial charge in [-0.3, -0.25) is 0 Å². The van der Waals surface area contributed by atoms with Crippen molar-refractivity contribution in [3.63, 3.8) is 0 Å². The molecule has 88 valence electrons. The van der Waals surface area contributed by atoms with E-state index in [0.717, 1.165) is 18.4 Å². The Balaban J connectivity index is 1.64. The summed E-state index contributed by atoms with van der Waals surface area (Å²) in [5, 5.41) is 12.8. The Morgan fingerprint density at radius 2 is 2.00 bits per heavy atom. The normalized spacial score (nSPS) is 34.0. The molecule has 2 heteroatoms. The second-order valence-corrected chi connectivity index (χ2v) is 5.81. The van der Waals surface area contributed by atoms with Gasteiger partial charge in [-0.25, -0.2) is 0 Å². The molecule has 2 saturated carbocycles. The number of aliphatic hydroxyl groups excluding tert-OH is 1. The van der Waals surface area contributed by atoms with Crippen molar-refractivity contribution in [1.82, 2.24) is 5.32 Å². The van der Waals surface area contributed by atoms with Crippen molar-refractivity contribution in [2.24, 2.45) is 17.3 Å². The molecule has 2 nitrogen and oxygen atoms in total. The maximum absolute atomic E-state index is 9.21. The average Bonchev–Trinajstić information content (AvgIpc) is 3.02. The molecule has 0 aromatic carbocycles. The van der Waals surface area contributed by atoms with Gasteiger partial charge in [-0.15, -0.1) is 0 Å². The van der Waals surface area contributed by atoms with E-state index >= 15 is 0 Å². The van der Waals surface area contributed by atoms with Gasteiger partial charge in [0, 0.05) is 18.6 Å². The van der Waals surface area contributed by atoms with Gasteiger partial charge in [-0.1, -0.05) is 26.2 Å². The summed E-state index contributed by atoms with van der Waals surface area (Å²) in [6.07, 6.45) is 8.10. The smallest absolute Gasteiger partial charge is 0.0499 e. The highest BCUT2D eigenvalue weighted by molar-refractivity contribution is 4.94. The van der Waals surface area contributed by atoms with E-state index in [1.54, 1.807) is 0 Å². The van der Waals surface area contributed by atoms with Crippen molar-refractivity contribution in [2.45, 2.75) is 45.4 Å². The first-order valence-corrected chi connectivity index (χ1v) is 6.57. The Labute approximate surface area is 93.5 Å². The van der Waals surface area contributed by atoms with Gasteiger partial charge in [0.05, 0.1) is 0 Å². The minimum atomic E-state index is 0.276. The lowest BCUT2D eigenvalue weighted by Gasteiger charge is -2.29. The molecule has 0 unspecified atom stereocenters. The van der Waals surface area contributed by atoms with Gasteiger partial charge >= 0.3 is 0 Å². The standard InChI is InChI=1S/C13H25NO/c1-11-4-2-3-5-12(11)8-14-9-13(10-15)6-7-13/h11-12,14-15H,2-10H2,1H3/t11-,12+/m1/s1. The number of hydrogen-bond donors (Lipinski definition) is 2. The van der Waals surface area contributed by atoms with Crippen LogP contribution in [0, 0.1) is 17.3 Å². The zero-order chi connectivity index (χ0) is 10.7. The van der Waals surface area contributed by atoms with Crippen LogP contribution in [0.3, 0.4) is 0 Å². The molecule has 0 radical (unpaired) electrons. The molecular formula is C13H25NO. The number of rotatable bonds is 5. The fourth-order valence-corrected chi connectivity index (χ4v) is 2.79. The third-order valence-electron chi connectivity index (χ3n) is 4.49. The Morgan fingerprint density at radius 1 is 1.27 bits per heavy atom. The van der Waals surface area contributed by atoms with E-state index in [0.29, 0.717) is 6.61 Å². The zero-order valence-electron chi connectivity index (χ0n) is 9.97. The molecule has 0 amide bonds. The largest absolute Gasteiger partial charge is 0.396 e. The predicted molar refractivity (Wildman–Crippen MR) is 62.7 cm³/mol. The molecule has 0 spiro atoms. The molecule has 0 aromatic rings. The molecule has 2 fully saturated rings. The molecule has 15 heavy (non-hydrogen) atoms. The number of hydrogen-bond acceptors (Lipinski definition) is 2. The summed E-state index contributed by atoms with van der Waals surface area (Å²) in [5.74, 6) is 1.78. The van der Waals surface area contributed by atoms with Crippen molar-refractivity contribution in [1.29, 1.82) is 0 Å². The predicted octanol–water partition coefficient (Wildman–Crippen LogP) is 2.17. The van der Waals surface area contributed by atoms with Crippen molar-refractivity contribution in [2.75, 3.05) is 19.7 Å². The van der Waals surface area contributed by atoms with E-state index in [1.165, 1.54) is 45.1 Å². The Hall–Kier alpha value is -0.0800. The molecule has 0 saturated heterocycles. The van der Waals surface area contributed by atoms with E-state index in [9.17, 15) is 5.11 Å². The van der Waals surface area contributed by atoms with Crippen LogP contribution in [0.2, 0.25) is 0 Å². The van der Waals surface area contributed by atoms with Crippen LogP contribution >= 0.6 is 0 Å². The van der Waals surface area contributed by atoms with Crippen LogP contribution in [0.4, 0.5) is 0 Å². The van der Waals surface area contributed by atoms with Crippen LogP contribution in [-0.2, 0) is 0 Å². The Bertz CT molecular complexity index is 201. The summed E-state index contributed by atoms with van der Waals surface area (Å²) < 4.78 is 0. The molecule has 2 aliphatic rings. The van der Waals surface area contributed by atoms with Crippen LogP contribution in [0.25, 0.3) is 0 Å². The van der Waals surface area contributed by atoms with Gasteiger partial charge in [0.15, 0.2) is 0 Å². The third kappa shape index (κ3) is 2.94. The van der Waals surface area contributed by atoms with E-state index in [-0.39, 0.29) is 5.41 Å². The average molecular weight is 211 g/mol. The number of nitrogens with one attached hydrogen (secondary N) is 1. The fourth-order valence-electron chi connectivity index (χ4n) is 2.79. The summed E-state index contributed by atoms with van der Waals surface area (Å²) in [6.45, 7) is 4.97. The van der Waals surface area contributed by atoms with Crippen LogP contribution in [0.5, 0.6) is 0 Å². The summed E-state index contributed by atoms with van der Waals surface area (Å²) in [5.41, 5.74) is 0.276. The van der Waals surface area contributed by atoms with E-state index in [2.05, 4.69) is 12.2 Å². The topological polar surface area (TPSA) is 32.3 Å². The first kappa shape index (κ1) is 11.4. The van der Waals surface area contributed by atoms with Gasteiger partial charge in [0.25, 0.3) is 0 Å². The van der Waals surface area contributed by atoms with Crippen LogP contribution in [0.15, 0.2) is 0 Å². The van der Waals surface area contributed by atoms with Gasteiger partial charge in [-0.05, 0) is 37.6 Å². The van der Waals surface area contributed by atoms with Crippen LogP contribution in [0.1, 0.15) is 45.4 Å². The quantitative estimate of drug-likeness (QED) is 0.730. The first-order chi connectivity index (χ1) is 7.26. The van der Waals surface area contributed by atoms with Gasteiger partial charge in [0.2, 0.25) is 0 Å². The number of aliphatic hydroxyl groups is 1. The highest BCUT2D eigenvalue weighted by atomic mass is 16.3. The molecule has 2 rings (SSSR count). The van der Waals surface area contributed by atoms with E-state index < -0.39 is 0 Å². The first-order valence-electron chi connectivity index (χ1n) is 6.57. The molecule has 0 heterocycles. The lowest BCUT2D eigenvalue weighted by Crippen LogP contribution is -2.34. The highest BCUT2D eigenvalue weighted by Crippen LogP contribution is 2.44. The van der Waals surface area contributed by atoms with E-state index in [4.69, 9.17) is 0 Å². The minimum Gasteiger partial charge on any atom is -0.396 e. The van der Waals surface area contributed by atoms with Gasteiger partial charge < -0.3 is 10.4 Å². The molecule has 0 bridgehead atoms. The van der Waals surface area contributed by atoms with Crippen molar-refractivity contribution in [3.8, 4) is 0 Å². The lowest BCUT2D eigenvalue weighted by atomic mass is 9.80. The van der Waals surface area contributed by atoms with Gasteiger partial charge in [-0.2, -0.15) is 0 Å². The second kappa shape index (κ2) is 4.84. The summed E-state index contributed by atoms with van der Waals surface area (Å²) in [7, 11) is 0. The molecule has 2 N–H and O–H groups in total. The minimum absolute atomic E-state index is 0.276. The molecule has 2 aliphatic carbocycles. The molecule has 0 aliphatic heterocycles. The van der Waals surface area contributed by atoms with Gasteiger partial charge in [0.1, 0.15) is 0 Å². The lowest BCUT2D eigenvalue weighted by molar-refractivity contribution is 0.196. The van der Waals surface area contributed by atoms with Crippen LogP contribution < -0.4 is 5.32 Å². The molecular weight excluding hydrogens is 186 g/mol. The fraction of sp³-hybridized carbons (Fsp3) is 1.00. The summed E-state index contributed by atoms with van der Waals surface area (Å²) >= 11 is 0. The van der Waals surface area contributed by atoms with E-state index in [1.807, 2.05) is 0 Å². The SMILES string of the molecule is C[C@@H]1CCCC[C@H]1CNCC1(CO)CC1. The molecule has 0 aromatic heterocycles. The maximum atomic E-state index is 9.21. The summed E-state index contributed by atoms with van der Waals surface area (Å²) in [4.78, 5) is 0. The van der Waals surface area contributed by atoms with Crippen molar-refractivity contribution < 1.29 is 5.11 Å². The van der Waals surface area contributed by atoms with Crippen LogP contribution in [-0.4, -0.2) is 24.8 Å². The highest BCUT2D eigenvalue weighted by Gasteiger charge is 2.41.